The third-order valence-electron chi connectivity index (χ3n) is 2.73. The molecule has 0 aliphatic rings. The van der Waals surface area contributed by atoms with Crippen molar-refractivity contribution in [1.29, 1.82) is 0 Å². The number of nitrogens with zero attached hydrogens (tertiary/aromatic N) is 2. The summed E-state index contributed by atoms with van der Waals surface area (Å²) in [6, 6.07) is 7.22. The maximum atomic E-state index is 13.4. The summed E-state index contributed by atoms with van der Waals surface area (Å²) in [5.74, 6) is 0.171. The molecule has 6 nitrogen and oxygen atoms in total. The molecule has 7 heteroatoms. The van der Waals surface area contributed by atoms with Gasteiger partial charge >= 0.3 is 5.69 Å². The Bertz CT molecular complexity index is 656. The molecule has 2 aromatic rings. The summed E-state index contributed by atoms with van der Waals surface area (Å²) in [4.78, 5) is 14.7. The van der Waals surface area contributed by atoms with E-state index in [0.717, 1.165) is 0 Å². The smallest absolute Gasteiger partial charge is 0.311 e. The Kier molecular flexibility index (Phi) is 4.32. The fourth-order valence-electron chi connectivity index (χ4n) is 1.92. The molecule has 0 spiro atoms. The number of aromatic nitrogens is 1. The minimum atomic E-state index is -0.531. The molecule has 0 saturated carbocycles. The van der Waals surface area contributed by atoms with E-state index in [9.17, 15) is 14.5 Å². The second kappa shape index (κ2) is 6.17. The number of nitro groups is 1. The summed E-state index contributed by atoms with van der Waals surface area (Å²) in [6.45, 7) is 4.28. The van der Waals surface area contributed by atoms with Gasteiger partial charge in [-0.1, -0.05) is 0 Å². The molecule has 1 heterocycles. The van der Waals surface area contributed by atoms with E-state index in [1.807, 2.05) is 6.92 Å². The minimum Gasteiger partial charge on any atom is -0.370 e. The zero-order valence-electron chi connectivity index (χ0n) is 11.7. The number of anilines is 3. The fourth-order valence-corrected chi connectivity index (χ4v) is 1.92. The van der Waals surface area contributed by atoms with Crippen molar-refractivity contribution < 1.29 is 9.31 Å². The summed E-state index contributed by atoms with van der Waals surface area (Å²) >= 11 is 0. The van der Waals surface area contributed by atoms with Crippen molar-refractivity contribution in [2.24, 2.45) is 0 Å². The first-order chi connectivity index (χ1) is 9.99. The topological polar surface area (TPSA) is 80.1 Å². The molecule has 0 unspecified atom stereocenters. The van der Waals surface area contributed by atoms with E-state index in [1.54, 1.807) is 13.0 Å². The number of hydrogen-bond acceptors (Lipinski definition) is 5. The highest BCUT2D eigenvalue weighted by atomic mass is 19.1. The fraction of sp³-hybridized carbons (Fsp3) is 0.214. The van der Waals surface area contributed by atoms with Crippen LogP contribution in [0, 0.1) is 22.9 Å². The molecule has 0 fully saturated rings. The van der Waals surface area contributed by atoms with Crippen LogP contribution in [-0.4, -0.2) is 16.5 Å². The number of rotatable bonds is 5. The highest BCUT2D eigenvalue weighted by molar-refractivity contribution is 5.68. The van der Waals surface area contributed by atoms with Gasteiger partial charge in [0, 0.05) is 18.3 Å². The van der Waals surface area contributed by atoms with Crippen LogP contribution >= 0.6 is 0 Å². The van der Waals surface area contributed by atoms with Gasteiger partial charge in [0.25, 0.3) is 0 Å². The summed E-state index contributed by atoms with van der Waals surface area (Å²) in [5.41, 5.74) is 0.957. The van der Waals surface area contributed by atoms with Crippen molar-refractivity contribution in [2.75, 3.05) is 17.2 Å². The monoisotopic (exact) mass is 290 g/mol. The minimum absolute atomic E-state index is 0.0726. The van der Waals surface area contributed by atoms with Gasteiger partial charge in [-0.2, -0.15) is 0 Å². The van der Waals surface area contributed by atoms with Gasteiger partial charge in [0.05, 0.1) is 4.92 Å². The Labute approximate surface area is 121 Å². The number of halogens is 1. The number of hydrogen-bond donors (Lipinski definition) is 2. The van der Waals surface area contributed by atoms with Crippen LogP contribution in [0.3, 0.4) is 0 Å². The Hall–Kier alpha value is -2.70. The quantitative estimate of drug-likeness (QED) is 0.649. The maximum absolute atomic E-state index is 13.4. The van der Waals surface area contributed by atoms with Crippen LogP contribution in [0.5, 0.6) is 0 Å². The molecular formula is C14H15FN4O2. The van der Waals surface area contributed by atoms with Gasteiger partial charge in [-0.25, -0.2) is 9.37 Å². The number of nitrogens with one attached hydrogen (secondary N) is 2. The van der Waals surface area contributed by atoms with Crippen molar-refractivity contribution in [3.05, 3.63) is 51.8 Å². The van der Waals surface area contributed by atoms with Crippen molar-refractivity contribution in [2.45, 2.75) is 13.8 Å². The molecule has 0 bridgehead atoms. The van der Waals surface area contributed by atoms with Gasteiger partial charge in [0.1, 0.15) is 11.6 Å². The number of aryl methyl sites for hydroxylation is 1. The van der Waals surface area contributed by atoms with E-state index in [2.05, 4.69) is 15.6 Å². The van der Waals surface area contributed by atoms with Gasteiger partial charge in [-0.05, 0) is 43.7 Å². The maximum Gasteiger partial charge on any atom is 0.311 e. The van der Waals surface area contributed by atoms with Crippen LogP contribution in [0.1, 0.15) is 12.5 Å². The molecule has 0 aliphatic heterocycles. The molecule has 2 rings (SSSR count). The van der Waals surface area contributed by atoms with Crippen LogP contribution < -0.4 is 10.6 Å². The zero-order valence-corrected chi connectivity index (χ0v) is 11.7. The van der Waals surface area contributed by atoms with Crippen LogP contribution in [0.25, 0.3) is 0 Å². The van der Waals surface area contributed by atoms with E-state index in [4.69, 9.17) is 0 Å². The predicted molar refractivity (Wildman–Crippen MR) is 79.5 cm³/mol. The number of pyridine rings is 1. The molecule has 0 atom stereocenters. The van der Waals surface area contributed by atoms with Crippen molar-refractivity contribution in [3.63, 3.8) is 0 Å². The van der Waals surface area contributed by atoms with Gasteiger partial charge in [0.15, 0.2) is 0 Å². The molecule has 1 aromatic carbocycles. The largest absolute Gasteiger partial charge is 0.370 e. The first kappa shape index (κ1) is 14.7. The van der Waals surface area contributed by atoms with Crippen molar-refractivity contribution >= 4 is 23.0 Å². The van der Waals surface area contributed by atoms with E-state index in [-0.39, 0.29) is 11.5 Å². The summed E-state index contributed by atoms with van der Waals surface area (Å²) in [7, 11) is 0. The molecule has 110 valence electrons. The highest BCUT2D eigenvalue weighted by Gasteiger charge is 2.16. The molecule has 0 aliphatic carbocycles. The molecule has 2 N–H and O–H groups in total. The second-order valence-electron chi connectivity index (χ2n) is 4.49. The lowest BCUT2D eigenvalue weighted by atomic mass is 10.2. The van der Waals surface area contributed by atoms with E-state index < -0.39 is 10.7 Å². The average Bonchev–Trinajstić information content (AvgIpc) is 2.37. The number of benzene rings is 1. The van der Waals surface area contributed by atoms with Crippen LogP contribution in [0.2, 0.25) is 0 Å². The van der Waals surface area contributed by atoms with Gasteiger partial charge < -0.3 is 10.6 Å². The van der Waals surface area contributed by atoms with Crippen molar-refractivity contribution in [1.82, 2.24) is 4.98 Å². The summed E-state index contributed by atoms with van der Waals surface area (Å²) in [5, 5.41) is 16.8. The molecular weight excluding hydrogens is 275 g/mol. The first-order valence-corrected chi connectivity index (χ1v) is 6.43. The molecule has 1 aromatic heterocycles. The Morgan fingerprint density at radius 1 is 1.33 bits per heavy atom. The Morgan fingerprint density at radius 2 is 2.10 bits per heavy atom. The van der Waals surface area contributed by atoms with Crippen LogP contribution in [0.15, 0.2) is 30.3 Å². The lowest BCUT2D eigenvalue weighted by molar-refractivity contribution is -0.384. The van der Waals surface area contributed by atoms with E-state index in [1.165, 1.54) is 24.3 Å². The van der Waals surface area contributed by atoms with Gasteiger partial charge in [-0.15, -0.1) is 0 Å². The van der Waals surface area contributed by atoms with Crippen LogP contribution in [0.4, 0.5) is 27.4 Å². The lowest BCUT2D eigenvalue weighted by Crippen LogP contribution is -2.04. The second-order valence-corrected chi connectivity index (χ2v) is 4.49. The van der Waals surface area contributed by atoms with E-state index in [0.29, 0.717) is 23.6 Å². The SMILES string of the molecule is CCNc1ccc([N+](=O)[O-])c(Nc2cc(C)cc(F)c2)n1. The predicted octanol–water partition coefficient (Wildman–Crippen LogP) is 3.61. The Morgan fingerprint density at radius 3 is 2.71 bits per heavy atom. The van der Waals surface area contributed by atoms with E-state index >= 15 is 0 Å². The summed E-state index contributed by atoms with van der Waals surface area (Å²) < 4.78 is 13.4. The normalized spacial score (nSPS) is 10.2. The van der Waals surface area contributed by atoms with Crippen molar-refractivity contribution in [3.8, 4) is 0 Å². The standard InChI is InChI=1S/C14H15FN4O2/c1-3-16-13-5-4-12(19(20)21)14(18-13)17-11-7-9(2)6-10(15)8-11/h4-8H,3H2,1-2H3,(H2,16,17,18). The third kappa shape index (κ3) is 3.65. The Balaban J connectivity index is 2.40. The molecule has 21 heavy (non-hydrogen) atoms. The highest BCUT2D eigenvalue weighted by Crippen LogP contribution is 2.27. The molecule has 0 radical (unpaired) electrons. The average molecular weight is 290 g/mol. The third-order valence-corrected chi connectivity index (χ3v) is 2.73. The molecule has 0 amide bonds. The first-order valence-electron chi connectivity index (χ1n) is 6.43. The van der Waals surface area contributed by atoms with Gasteiger partial charge in [-0.3, -0.25) is 10.1 Å². The summed E-state index contributed by atoms with van der Waals surface area (Å²) in [6.07, 6.45) is 0. The zero-order chi connectivity index (χ0) is 15.4. The van der Waals surface area contributed by atoms with Gasteiger partial charge in [0.2, 0.25) is 5.82 Å². The molecule has 0 saturated heterocycles. The van der Waals surface area contributed by atoms with Crippen LogP contribution in [-0.2, 0) is 0 Å². The lowest BCUT2D eigenvalue weighted by Gasteiger charge is -2.09.